The van der Waals surface area contributed by atoms with E-state index in [0.29, 0.717) is 0 Å². The number of nitrogens with one attached hydrogen (secondary N) is 2. The summed E-state index contributed by atoms with van der Waals surface area (Å²) in [6.45, 7) is 0. The summed E-state index contributed by atoms with van der Waals surface area (Å²) in [6, 6.07) is 8.51. The molecule has 2 aromatic carbocycles. The number of halogens is 5. The summed E-state index contributed by atoms with van der Waals surface area (Å²) in [6.07, 6.45) is -3.25. The van der Waals surface area contributed by atoms with Gasteiger partial charge in [0, 0.05) is 12.3 Å². The summed E-state index contributed by atoms with van der Waals surface area (Å²) >= 11 is 0. The van der Waals surface area contributed by atoms with Crippen LogP contribution in [0.15, 0.2) is 60.8 Å². The molecule has 0 bridgehead atoms. The largest absolute Gasteiger partial charge is 0.437 e. The van der Waals surface area contributed by atoms with Gasteiger partial charge in [-0.15, -0.1) is 0 Å². The molecule has 0 aliphatic heterocycles. The Morgan fingerprint density at radius 3 is 2.45 bits per heavy atom. The Bertz CT molecular complexity index is 1040. The van der Waals surface area contributed by atoms with Crippen LogP contribution in [0.2, 0.25) is 0 Å². The molecule has 5 nitrogen and oxygen atoms in total. The van der Waals surface area contributed by atoms with E-state index in [4.69, 9.17) is 4.74 Å². The van der Waals surface area contributed by atoms with Crippen molar-refractivity contribution in [3.63, 3.8) is 0 Å². The van der Waals surface area contributed by atoms with E-state index >= 15 is 0 Å². The topological polar surface area (TPSA) is 63.2 Å². The summed E-state index contributed by atoms with van der Waals surface area (Å²) in [5, 5.41) is 4.44. The molecule has 0 atom stereocenters. The van der Waals surface area contributed by atoms with E-state index in [-0.39, 0.29) is 17.3 Å². The second-order valence-corrected chi connectivity index (χ2v) is 5.69. The normalized spacial score (nSPS) is 11.1. The SMILES string of the molecule is O=C(Nc1cc(F)ccc1F)Nc1cccnc1Oc1cccc(C(F)(F)F)c1. The highest BCUT2D eigenvalue weighted by Crippen LogP contribution is 2.33. The number of nitrogens with zero attached hydrogens (tertiary/aromatic N) is 1. The molecule has 150 valence electrons. The molecular formula is C19H12F5N3O2. The van der Waals surface area contributed by atoms with Crippen molar-refractivity contribution in [1.29, 1.82) is 0 Å². The minimum atomic E-state index is -4.56. The first-order valence-electron chi connectivity index (χ1n) is 8.05. The molecule has 0 saturated heterocycles. The molecule has 0 radical (unpaired) electrons. The number of carbonyl (C=O) groups excluding carboxylic acids is 1. The number of anilines is 2. The fourth-order valence-electron chi connectivity index (χ4n) is 2.28. The van der Waals surface area contributed by atoms with Gasteiger partial charge in [-0.2, -0.15) is 13.2 Å². The molecule has 1 aromatic heterocycles. The Labute approximate surface area is 161 Å². The van der Waals surface area contributed by atoms with E-state index in [0.717, 1.165) is 36.4 Å². The summed E-state index contributed by atoms with van der Waals surface area (Å²) in [5.41, 5.74) is -1.31. The third kappa shape index (κ3) is 5.18. The maximum absolute atomic E-state index is 13.6. The maximum atomic E-state index is 13.6. The van der Waals surface area contributed by atoms with Crippen LogP contribution in [0.5, 0.6) is 11.6 Å². The number of aromatic nitrogens is 1. The smallest absolute Gasteiger partial charge is 0.416 e. The Morgan fingerprint density at radius 1 is 0.931 bits per heavy atom. The molecule has 29 heavy (non-hydrogen) atoms. The Kier molecular flexibility index (Phi) is 5.62. The van der Waals surface area contributed by atoms with Crippen LogP contribution in [0.1, 0.15) is 5.56 Å². The molecule has 0 spiro atoms. The number of hydrogen-bond acceptors (Lipinski definition) is 3. The van der Waals surface area contributed by atoms with Crippen LogP contribution in [-0.4, -0.2) is 11.0 Å². The van der Waals surface area contributed by atoms with Crippen LogP contribution in [0, 0.1) is 11.6 Å². The molecule has 3 rings (SSSR count). The fraction of sp³-hybridized carbons (Fsp3) is 0.0526. The summed E-state index contributed by atoms with van der Waals surface area (Å²) in [4.78, 5) is 16.0. The van der Waals surface area contributed by atoms with E-state index in [9.17, 15) is 26.7 Å². The van der Waals surface area contributed by atoms with E-state index < -0.39 is 35.1 Å². The van der Waals surface area contributed by atoms with Gasteiger partial charge in [-0.05, 0) is 42.5 Å². The highest BCUT2D eigenvalue weighted by molar-refractivity contribution is 6.00. The van der Waals surface area contributed by atoms with E-state index in [1.165, 1.54) is 24.4 Å². The number of carbonyl (C=O) groups is 1. The first kappa shape index (κ1) is 20.1. The van der Waals surface area contributed by atoms with E-state index in [2.05, 4.69) is 15.6 Å². The zero-order valence-electron chi connectivity index (χ0n) is 14.4. The predicted octanol–water partition coefficient (Wildman–Crippen LogP) is 5.81. The van der Waals surface area contributed by atoms with Crippen molar-refractivity contribution in [1.82, 2.24) is 4.98 Å². The second kappa shape index (κ2) is 8.13. The highest BCUT2D eigenvalue weighted by Gasteiger charge is 2.30. The van der Waals surface area contributed by atoms with Gasteiger partial charge in [0.1, 0.15) is 23.1 Å². The molecule has 0 unspecified atom stereocenters. The average molecular weight is 409 g/mol. The molecule has 0 aliphatic rings. The quantitative estimate of drug-likeness (QED) is 0.534. The lowest BCUT2D eigenvalue weighted by molar-refractivity contribution is -0.137. The number of ether oxygens (including phenoxy) is 1. The van der Waals surface area contributed by atoms with Gasteiger partial charge in [0.25, 0.3) is 0 Å². The van der Waals surface area contributed by atoms with Crippen LogP contribution < -0.4 is 15.4 Å². The van der Waals surface area contributed by atoms with Gasteiger partial charge < -0.3 is 15.4 Å². The Hall–Kier alpha value is -3.69. The van der Waals surface area contributed by atoms with Crippen molar-refractivity contribution >= 4 is 17.4 Å². The van der Waals surface area contributed by atoms with E-state index in [1.54, 1.807) is 0 Å². The van der Waals surface area contributed by atoms with Crippen molar-refractivity contribution in [3.05, 3.63) is 78.0 Å². The average Bonchev–Trinajstić information content (AvgIpc) is 2.66. The molecule has 3 aromatic rings. The number of alkyl halides is 3. The zero-order chi connectivity index (χ0) is 21.0. The Balaban J connectivity index is 1.77. The molecule has 0 saturated carbocycles. The fourth-order valence-corrected chi connectivity index (χ4v) is 2.28. The number of urea groups is 1. The van der Waals surface area contributed by atoms with Gasteiger partial charge in [0.05, 0.1) is 11.3 Å². The summed E-state index contributed by atoms with van der Waals surface area (Å²) in [5.74, 6) is -1.95. The number of pyridine rings is 1. The van der Waals surface area contributed by atoms with E-state index in [1.807, 2.05) is 0 Å². The van der Waals surface area contributed by atoms with Gasteiger partial charge >= 0.3 is 12.2 Å². The van der Waals surface area contributed by atoms with Crippen LogP contribution >= 0.6 is 0 Å². The molecule has 0 fully saturated rings. The summed E-state index contributed by atoms with van der Waals surface area (Å²) < 4.78 is 70.7. The zero-order valence-corrected chi connectivity index (χ0v) is 14.4. The van der Waals surface area contributed by atoms with Crippen molar-refractivity contribution in [2.24, 2.45) is 0 Å². The number of amides is 2. The van der Waals surface area contributed by atoms with Crippen LogP contribution in [0.25, 0.3) is 0 Å². The van der Waals surface area contributed by atoms with Gasteiger partial charge in [-0.3, -0.25) is 0 Å². The van der Waals surface area contributed by atoms with Gasteiger partial charge in [-0.1, -0.05) is 6.07 Å². The monoisotopic (exact) mass is 409 g/mol. The van der Waals surface area contributed by atoms with Gasteiger partial charge in [0.2, 0.25) is 5.88 Å². The number of rotatable bonds is 4. The van der Waals surface area contributed by atoms with Crippen molar-refractivity contribution in [2.75, 3.05) is 10.6 Å². The number of benzene rings is 2. The van der Waals surface area contributed by atoms with Crippen molar-refractivity contribution in [2.45, 2.75) is 6.18 Å². The van der Waals surface area contributed by atoms with Crippen molar-refractivity contribution < 1.29 is 31.5 Å². The molecular weight excluding hydrogens is 397 g/mol. The second-order valence-electron chi connectivity index (χ2n) is 5.69. The Morgan fingerprint density at radius 2 is 1.69 bits per heavy atom. The minimum absolute atomic E-state index is 0.000719. The van der Waals surface area contributed by atoms with Crippen LogP contribution in [0.3, 0.4) is 0 Å². The van der Waals surface area contributed by atoms with Crippen LogP contribution in [-0.2, 0) is 6.18 Å². The van der Waals surface area contributed by atoms with Crippen molar-refractivity contribution in [3.8, 4) is 11.6 Å². The standard InChI is InChI=1S/C19H12F5N3O2/c20-12-6-7-14(21)16(10-12)27-18(28)26-15-5-2-8-25-17(15)29-13-4-1-3-11(9-13)19(22,23)24/h1-10H,(H2,26,27,28). The lowest BCUT2D eigenvalue weighted by Gasteiger charge is -2.13. The minimum Gasteiger partial charge on any atom is -0.437 e. The predicted molar refractivity (Wildman–Crippen MR) is 94.8 cm³/mol. The summed E-state index contributed by atoms with van der Waals surface area (Å²) in [7, 11) is 0. The van der Waals surface area contributed by atoms with Gasteiger partial charge in [-0.25, -0.2) is 18.6 Å². The molecule has 2 N–H and O–H groups in total. The van der Waals surface area contributed by atoms with Gasteiger partial charge in [0.15, 0.2) is 0 Å². The number of hydrogen-bond donors (Lipinski definition) is 2. The molecule has 2 amide bonds. The highest BCUT2D eigenvalue weighted by atomic mass is 19.4. The first-order valence-corrected chi connectivity index (χ1v) is 8.05. The van der Waals surface area contributed by atoms with Crippen LogP contribution in [0.4, 0.5) is 38.1 Å². The molecule has 10 heteroatoms. The molecule has 1 heterocycles. The third-order valence-electron chi connectivity index (χ3n) is 3.57. The maximum Gasteiger partial charge on any atom is 0.416 e. The lowest BCUT2D eigenvalue weighted by atomic mass is 10.2. The lowest BCUT2D eigenvalue weighted by Crippen LogP contribution is -2.20. The molecule has 0 aliphatic carbocycles. The third-order valence-corrected chi connectivity index (χ3v) is 3.57. The first-order chi connectivity index (χ1) is 13.7.